The summed E-state index contributed by atoms with van der Waals surface area (Å²) >= 11 is 3.04. The molecule has 168 valence electrons. The molecule has 5 rings (SSSR count). The summed E-state index contributed by atoms with van der Waals surface area (Å²) in [7, 11) is 0. The minimum absolute atomic E-state index is 0.0850. The van der Waals surface area contributed by atoms with E-state index in [0.29, 0.717) is 16.5 Å². The predicted octanol–water partition coefficient (Wildman–Crippen LogP) is 5.90. The molecule has 5 nitrogen and oxygen atoms in total. The molecular weight excluding hydrogens is 455 g/mol. The van der Waals surface area contributed by atoms with Gasteiger partial charge in [-0.05, 0) is 55.5 Å². The first-order valence-electron chi connectivity index (χ1n) is 10.8. The SMILES string of the molecule is Cc1ccc(-n2c(SCC(=O)N3CCCC3c3cccs3)nnc2-c2ccccc2F)cc1. The smallest absolute Gasteiger partial charge is 0.233 e. The van der Waals surface area contributed by atoms with Crippen LogP contribution in [-0.4, -0.2) is 37.9 Å². The van der Waals surface area contributed by atoms with Crippen molar-refractivity contribution in [2.24, 2.45) is 0 Å². The zero-order valence-electron chi connectivity index (χ0n) is 18.1. The molecule has 0 saturated carbocycles. The van der Waals surface area contributed by atoms with E-state index in [0.717, 1.165) is 30.6 Å². The predicted molar refractivity (Wildman–Crippen MR) is 130 cm³/mol. The summed E-state index contributed by atoms with van der Waals surface area (Å²) in [5.41, 5.74) is 2.33. The zero-order valence-corrected chi connectivity index (χ0v) is 19.8. The Morgan fingerprint density at radius 1 is 1.12 bits per heavy atom. The number of hydrogen-bond acceptors (Lipinski definition) is 5. The second-order valence-electron chi connectivity index (χ2n) is 8.01. The van der Waals surface area contributed by atoms with Crippen molar-refractivity contribution in [1.29, 1.82) is 0 Å². The van der Waals surface area contributed by atoms with Crippen molar-refractivity contribution >= 4 is 29.0 Å². The van der Waals surface area contributed by atoms with Gasteiger partial charge in [0, 0.05) is 17.1 Å². The summed E-state index contributed by atoms with van der Waals surface area (Å²) in [6, 6.07) is 18.7. The van der Waals surface area contributed by atoms with Crippen molar-refractivity contribution in [2.75, 3.05) is 12.3 Å². The van der Waals surface area contributed by atoms with Gasteiger partial charge in [0.1, 0.15) is 5.82 Å². The summed E-state index contributed by atoms with van der Waals surface area (Å²) in [6.45, 7) is 2.79. The number of likely N-dealkylation sites (tertiary alicyclic amines) is 1. The van der Waals surface area contributed by atoms with Gasteiger partial charge in [0.25, 0.3) is 0 Å². The number of hydrogen-bond donors (Lipinski definition) is 0. The number of benzene rings is 2. The van der Waals surface area contributed by atoms with Gasteiger partial charge < -0.3 is 4.90 Å². The Kier molecular flexibility index (Phi) is 6.28. The van der Waals surface area contributed by atoms with E-state index in [1.165, 1.54) is 22.7 Å². The fourth-order valence-electron chi connectivity index (χ4n) is 4.16. The lowest BCUT2D eigenvalue weighted by atomic mass is 10.2. The summed E-state index contributed by atoms with van der Waals surface area (Å²) in [5, 5.41) is 11.3. The molecule has 1 atom stereocenters. The Morgan fingerprint density at radius 2 is 1.94 bits per heavy atom. The Balaban J connectivity index is 1.43. The highest BCUT2D eigenvalue weighted by atomic mass is 32.2. The minimum Gasteiger partial charge on any atom is -0.334 e. The van der Waals surface area contributed by atoms with E-state index in [1.54, 1.807) is 29.5 Å². The van der Waals surface area contributed by atoms with Crippen molar-refractivity contribution in [1.82, 2.24) is 19.7 Å². The third-order valence-electron chi connectivity index (χ3n) is 5.81. The number of aryl methyl sites for hydroxylation is 1. The van der Waals surface area contributed by atoms with Gasteiger partial charge >= 0.3 is 0 Å². The first kappa shape index (κ1) is 21.9. The second kappa shape index (κ2) is 9.49. The van der Waals surface area contributed by atoms with E-state index >= 15 is 0 Å². The van der Waals surface area contributed by atoms with E-state index in [2.05, 4.69) is 21.6 Å². The molecule has 33 heavy (non-hydrogen) atoms. The maximum Gasteiger partial charge on any atom is 0.233 e. The molecule has 4 aromatic rings. The molecule has 2 aromatic heterocycles. The van der Waals surface area contributed by atoms with Crippen LogP contribution in [0.1, 0.15) is 29.3 Å². The number of thiophene rings is 1. The van der Waals surface area contributed by atoms with Crippen LogP contribution in [0, 0.1) is 12.7 Å². The molecule has 0 aliphatic carbocycles. The Hall–Kier alpha value is -2.97. The standard InChI is InChI=1S/C25H23FN4OS2/c1-17-10-12-18(13-11-17)30-24(19-6-2-3-7-20(19)26)27-28-25(30)33-16-23(31)29-14-4-8-21(29)22-9-5-15-32-22/h2-3,5-7,9-13,15,21H,4,8,14,16H2,1H3. The molecule has 1 amide bonds. The van der Waals surface area contributed by atoms with Crippen molar-refractivity contribution in [2.45, 2.75) is 31.0 Å². The lowest BCUT2D eigenvalue weighted by molar-refractivity contribution is -0.129. The van der Waals surface area contributed by atoms with Crippen LogP contribution in [-0.2, 0) is 4.79 Å². The number of aromatic nitrogens is 3. The fourth-order valence-corrected chi connectivity index (χ4v) is 5.87. The molecule has 0 bridgehead atoms. The van der Waals surface area contributed by atoms with E-state index in [9.17, 15) is 9.18 Å². The lowest BCUT2D eigenvalue weighted by Crippen LogP contribution is -2.31. The van der Waals surface area contributed by atoms with E-state index in [4.69, 9.17) is 0 Å². The van der Waals surface area contributed by atoms with Gasteiger partial charge in [-0.2, -0.15) is 0 Å². The van der Waals surface area contributed by atoms with Crippen LogP contribution < -0.4 is 0 Å². The number of thioether (sulfide) groups is 1. The highest BCUT2D eigenvalue weighted by molar-refractivity contribution is 7.99. The van der Waals surface area contributed by atoms with Crippen molar-refractivity contribution in [3.05, 3.63) is 82.3 Å². The van der Waals surface area contributed by atoms with E-state index in [1.807, 2.05) is 46.7 Å². The van der Waals surface area contributed by atoms with Gasteiger partial charge in [0.2, 0.25) is 5.91 Å². The molecule has 2 aromatic carbocycles. The van der Waals surface area contributed by atoms with Gasteiger partial charge in [0.05, 0.1) is 17.4 Å². The fraction of sp³-hybridized carbons (Fsp3) is 0.240. The molecule has 8 heteroatoms. The van der Waals surface area contributed by atoms with Crippen LogP contribution in [0.4, 0.5) is 4.39 Å². The number of rotatable bonds is 6. The maximum absolute atomic E-state index is 14.6. The number of amides is 1. The summed E-state index contributed by atoms with van der Waals surface area (Å²) in [5.74, 6) is 0.399. The van der Waals surface area contributed by atoms with Crippen LogP contribution in [0.5, 0.6) is 0 Å². The Labute approximate surface area is 200 Å². The average Bonchev–Trinajstić information content (AvgIpc) is 3.59. The van der Waals surface area contributed by atoms with Gasteiger partial charge in [-0.25, -0.2) is 4.39 Å². The zero-order chi connectivity index (χ0) is 22.8. The lowest BCUT2D eigenvalue weighted by Gasteiger charge is -2.23. The maximum atomic E-state index is 14.6. The van der Waals surface area contributed by atoms with Crippen LogP contribution >= 0.6 is 23.1 Å². The molecule has 1 saturated heterocycles. The number of carbonyl (C=O) groups is 1. The topological polar surface area (TPSA) is 51.0 Å². The van der Waals surface area contributed by atoms with Gasteiger partial charge in [-0.3, -0.25) is 9.36 Å². The van der Waals surface area contributed by atoms with Crippen molar-refractivity contribution in [3.63, 3.8) is 0 Å². The highest BCUT2D eigenvalue weighted by Crippen LogP contribution is 2.36. The van der Waals surface area contributed by atoms with Gasteiger partial charge in [-0.15, -0.1) is 21.5 Å². The molecule has 1 fully saturated rings. The molecule has 0 N–H and O–H groups in total. The van der Waals surface area contributed by atoms with Gasteiger partial charge in [0.15, 0.2) is 11.0 Å². The van der Waals surface area contributed by atoms with Crippen LogP contribution in [0.2, 0.25) is 0 Å². The summed E-state index contributed by atoms with van der Waals surface area (Å²) in [6.07, 6.45) is 2.00. The molecule has 0 radical (unpaired) electrons. The van der Waals surface area contributed by atoms with Crippen LogP contribution in [0.15, 0.2) is 71.2 Å². The first-order chi connectivity index (χ1) is 16.1. The normalized spacial score (nSPS) is 15.8. The Bertz CT molecular complexity index is 1250. The van der Waals surface area contributed by atoms with E-state index in [-0.39, 0.29) is 23.5 Å². The number of halogens is 1. The molecule has 0 spiro atoms. The van der Waals surface area contributed by atoms with Crippen LogP contribution in [0.3, 0.4) is 0 Å². The number of carbonyl (C=O) groups excluding carboxylic acids is 1. The largest absolute Gasteiger partial charge is 0.334 e. The molecule has 3 heterocycles. The van der Waals surface area contributed by atoms with Gasteiger partial charge in [-0.1, -0.05) is 47.7 Å². The average molecular weight is 479 g/mol. The van der Waals surface area contributed by atoms with E-state index < -0.39 is 0 Å². The molecule has 1 unspecified atom stereocenters. The minimum atomic E-state index is -0.359. The Morgan fingerprint density at radius 3 is 2.70 bits per heavy atom. The molecule has 1 aliphatic heterocycles. The third kappa shape index (κ3) is 4.45. The monoisotopic (exact) mass is 478 g/mol. The first-order valence-corrected chi connectivity index (χ1v) is 12.7. The summed E-state index contributed by atoms with van der Waals surface area (Å²) < 4.78 is 16.4. The number of nitrogens with zero attached hydrogens (tertiary/aromatic N) is 4. The highest BCUT2D eigenvalue weighted by Gasteiger charge is 2.31. The van der Waals surface area contributed by atoms with Crippen LogP contribution in [0.25, 0.3) is 17.1 Å². The van der Waals surface area contributed by atoms with Crippen molar-refractivity contribution in [3.8, 4) is 17.1 Å². The molecular formula is C25H23FN4OS2. The molecule has 1 aliphatic rings. The van der Waals surface area contributed by atoms with Crippen molar-refractivity contribution < 1.29 is 9.18 Å². The quantitative estimate of drug-likeness (QED) is 0.324. The summed E-state index contributed by atoms with van der Waals surface area (Å²) in [4.78, 5) is 16.3. The second-order valence-corrected chi connectivity index (χ2v) is 9.93. The third-order valence-corrected chi connectivity index (χ3v) is 7.70.